The molecule has 26 heavy (non-hydrogen) atoms. The number of ether oxygens (including phenoxy) is 2. The van der Waals surface area contributed by atoms with Gasteiger partial charge in [-0.2, -0.15) is 0 Å². The van der Waals surface area contributed by atoms with Crippen molar-refractivity contribution in [1.82, 2.24) is 0 Å². The number of hydrogen-bond donors (Lipinski definition) is 0. The molecule has 0 N–H and O–H groups in total. The van der Waals surface area contributed by atoms with Gasteiger partial charge in [-0.1, -0.05) is 24.3 Å². The fraction of sp³-hybridized carbons (Fsp3) is 0.333. The summed E-state index contributed by atoms with van der Waals surface area (Å²) in [6.45, 7) is 5.97. The average molecular weight is 353 g/mol. The number of carbonyl (C=O) groups is 2. The third-order valence-electron chi connectivity index (χ3n) is 4.64. The highest BCUT2D eigenvalue weighted by Crippen LogP contribution is 2.28. The van der Waals surface area contributed by atoms with E-state index in [1.54, 1.807) is 11.8 Å². The zero-order valence-electron chi connectivity index (χ0n) is 15.3. The predicted octanol–water partition coefficient (Wildman–Crippen LogP) is 3.20. The van der Waals surface area contributed by atoms with E-state index in [-0.39, 0.29) is 12.5 Å². The van der Waals surface area contributed by atoms with Gasteiger partial charge in [0, 0.05) is 12.2 Å². The van der Waals surface area contributed by atoms with Gasteiger partial charge in [0.1, 0.15) is 5.75 Å². The van der Waals surface area contributed by atoms with Gasteiger partial charge in [-0.15, -0.1) is 0 Å². The number of nitrogens with zero attached hydrogens (tertiary/aromatic N) is 1. The second-order valence-electron chi connectivity index (χ2n) is 6.54. The summed E-state index contributed by atoms with van der Waals surface area (Å²) in [5.74, 6) is -0.163. The zero-order chi connectivity index (χ0) is 18.7. The van der Waals surface area contributed by atoms with E-state index in [9.17, 15) is 9.59 Å². The van der Waals surface area contributed by atoms with Crippen molar-refractivity contribution < 1.29 is 19.1 Å². The smallest absolute Gasteiger partial charge is 0.344 e. The molecular weight excluding hydrogens is 330 g/mol. The lowest BCUT2D eigenvalue weighted by Crippen LogP contribution is -2.39. The molecule has 3 rings (SSSR count). The van der Waals surface area contributed by atoms with Gasteiger partial charge in [-0.3, -0.25) is 4.79 Å². The van der Waals surface area contributed by atoms with Crippen LogP contribution >= 0.6 is 0 Å². The maximum atomic E-state index is 12.6. The number of esters is 1. The van der Waals surface area contributed by atoms with E-state index in [0.29, 0.717) is 12.3 Å². The summed E-state index contributed by atoms with van der Waals surface area (Å²) in [5, 5.41) is 0. The molecule has 2 aromatic carbocycles. The van der Waals surface area contributed by atoms with Crippen LogP contribution in [0.5, 0.6) is 5.75 Å². The van der Waals surface area contributed by atoms with Gasteiger partial charge < -0.3 is 14.4 Å². The Kier molecular flexibility index (Phi) is 5.26. The lowest BCUT2D eigenvalue weighted by atomic mass is 10.1. The molecule has 0 bridgehead atoms. The van der Waals surface area contributed by atoms with E-state index in [2.05, 4.69) is 0 Å². The van der Waals surface area contributed by atoms with Crippen LogP contribution in [0.25, 0.3) is 0 Å². The van der Waals surface area contributed by atoms with Gasteiger partial charge in [0.25, 0.3) is 5.91 Å². The molecule has 0 spiro atoms. The van der Waals surface area contributed by atoms with Crippen molar-refractivity contribution in [3.63, 3.8) is 0 Å². The molecule has 1 amide bonds. The van der Waals surface area contributed by atoms with Crippen molar-refractivity contribution in [3.8, 4) is 5.75 Å². The number of para-hydroxylation sites is 1. The third kappa shape index (κ3) is 3.87. The largest absolute Gasteiger partial charge is 0.482 e. The Balaban J connectivity index is 1.54. The maximum absolute atomic E-state index is 12.6. The van der Waals surface area contributed by atoms with Crippen molar-refractivity contribution in [1.29, 1.82) is 0 Å². The molecule has 0 aliphatic carbocycles. The standard InChI is InChI=1S/C21H23NO4/c1-14-8-9-18(12-15(14)2)25-13-20(23)26-16(3)21(24)22-11-10-17-6-4-5-7-19(17)22/h4-9,12,16H,10-11,13H2,1-3H3/t16-/m1/s1. The van der Waals surface area contributed by atoms with E-state index in [1.807, 2.05) is 56.3 Å². The molecule has 0 saturated heterocycles. The number of carbonyl (C=O) groups excluding carboxylic acids is 2. The van der Waals surface area contributed by atoms with E-state index in [0.717, 1.165) is 28.8 Å². The summed E-state index contributed by atoms with van der Waals surface area (Å²) >= 11 is 0. The third-order valence-corrected chi connectivity index (χ3v) is 4.64. The molecule has 1 atom stereocenters. The highest BCUT2D eigenvalue weighted by molar-refractivity contribution is 5.99. The lowest BCUT2D eigenvalue weighted by molar-refractivity contribution is -0.155. The second-order valence-corrected chi connectivity index (χ2v) is 6.54. The minimum atomic E-state index is -0.850. The molecule has 2 aromatic rings. The molecule has 0 saturated carbocycles. The Morgan fingerprint density at radius 1 is 1.12 bits per heavy atom. The molecule has 0 fully saturated rings. The monoisotopic (exact) mass is 353 g/mol. The van der Waals surface area contributed by atoms with Gasteiger partial charge in [0.2, 0.25) is 0 Å². The lowest BCUT2D eigenvalue weighted by Gasteiger charge is -2.21. The van der Waals surface area contributed by atoms with Crippen molar-refractivity contribution in [2.45, 2.75) is 33.3 Å². The molecule has 136 valence electrons. The van der Waals surface area contributed by atoms with Crippen LogP contribution in [0.15, 0.2) is 42.5 Å². The van der Waals surface area contributed by atoms with E-state index < -0.39 is 12.1 Å². The number of amides is 1. The first-order chi connectivity index (χ1) is 12.5. The number of benzene rings is 2. The highest BCUT2D eigenvalue weighted by Gasteiger charge is 2.29. The van der Waals surface area contributed by atoms with Crippen LogP contribution < -0.4 is 9.64 Å². The summed E-state index contributed by atoms with van der Waals surface area (Å²) in [7, 11) is 0. The summed E-state index contributed by atoms with van der Waals surface area (Å²) in [4.78, 5) is 26.3. The minimum Gasteiger partial charge on any atom is -0.482 e. The normalized spacial score (nSPS) is 13.9. The summed E-state index contributed by atoms with van der Waals surface area (Å²) < 4.78 is 10.7. The Bertz CT molecular complexity index is 831. The molecular formula is C21H23NO4. The first kappa shape index (κ1) is 18.0. The maximum Gasteiger partial charge on any atom is 0.344 e. The summed E-state index contributed by atoms with van der Waals surface area (Å²) in [6.07, 6.45) is -0.0321. The number of rotatable bonds is 5. The van der Waals surface area contributed by atoms with Crippen molar-refractivity contribution >= 4 is 17.6 Å². The Morgan fingerprint density at radius 2 is 1.88 bits per heavy atom. The first-order valence-electron chi connectivity index (χ1n) is 8.74. The Morgan fingerprint density at radius 3 is 2.65 bits per heavy atom. The Hall–Kier alpha value is -2.82. The van der Waals surface area contributed by atoms with Crippen molar-refractivity contribution in [2.24, 2.45) is 0 Å². The number of fused-ring (bicyclic) bond motifs is 1. The molecule has 0 radical (unpaired) electrons. The Labute approximate surface area is 153 Å². The molecule has 0 aromatic heterocycles. The molecule has 1 heterocycles. The quantitative estimate of drug-likeness (QED) is 0.775. The minimum absolute atomic E-state index is 0.213. The van der Waals surface area contributed by atoms with E-state index >= 15 is 0 Å². The molecule has 1 aliphatic rings. The number of aryl methyl sites for hydroxylation is 2. The van der Waals surface area contributed by atoms with Crippen LogP contribution in [0.3, 0.4) is 0 Å². The first-order valence-corrected chi connectivity index (χ1v) is 8.74. The fourth-order valence-corrected chi connectivity index (χ4v) is 3.01. The summed E-state index contributed by atoms with van der Waals surface area (Å²) in [6, 6.07) is 13.4. The van der Waals surface area contributed by atoms with Crippen molar-refractivity contribution in [3.05, 3.63) is 59.2 Å². The SMILES string of the molecule is Cc1ccc(OCC(=O)O[C@H](C)C(=O)N2CCc3ccccc32)cc1C. The molecule has 0 unspecified atom stereocenters. The molecule has 5 heteroatoms. The fourth-order valence-electron chi connectivity index (χ4n) is 3.01. The molecule has 1 aliphatic heterocycles. The van der Waals surface area contributed by atoms with Gasteiger partial charge >= 0.3 is 5.97 Å². The van der Waals surface area contributed by atoms with Crippen molar-refractivity contribution in [2.75, 3.05) is 18.1 Å². The number of hydrogen-bond acceptors (Lipinski definition) is 4. The highest BCUT2D eigenvalue weighted by atomic mass is 16.6. The number of anilines is 1. The van der Waals surface area contributed by atoms with E-state index in [4.69, 9.17) is 9.47 Å². The van der Waals surface area contributed by atoms with Crippen LogP contribution in [0, 0.1) is 13.8 Å². The van der Waals surface area contributed by atoms with Crippen LogP contribution in [0.4, 0.5) is 5.69 Å². The predicted molar refractivity (Wildman–Crippen MR) is 99.5 cm³/mol. The van der Waals surface area contributed by atoms with Crippen LogP contribution in [-0.2, 0) is 20.7 Å². The van der Waals surface area contributed by atoms with Gasteiger partial charge in [0.05, 0.1) is 0 Å². The van der Waals surface area contributed by atoms with Gasteiger partial charge in [0.15, 0.2) is 12.7 Å². The zero-order valence-corrected chi connectivity index (χ0v) is 15.3. The molecule has 5 nitrogen and oxygen atoms in total. The van der Waals surface area contributed by atoms with Crippen LogP contribution in [0.2, 0.25) is 0 Å². The van der Waals surface area contributed by atoms with Gasteiger partial charge in [-0.05, 0) is 62.1 Å². The van der Waals surface area contributed by atoms with Gasteiger partial charge in [-0.25, -0.2) is 4.79 Å². The van der Waals surface area contributed by atoms with E-state index in [1.165, 1.54) is 0 Å². The second kappa shape index (κ2) is 7.60. The van der Waals surface area contributed by atoms with Crippen LogP contribution in [-0.4, -0.2) is 31.1 Å². The average Bonchev–Trinajstić information content (AvgIpc) is 3.06. The summed E-state index contributed by atoms with van der Waals surface area (Å²) in [5.41, 5.74) is 4.28. The topological polar surface area (TPSA) is 55.8 Å². The van der Waals surface area contributed by atoms with Crippen LogP contribution in [0.1, 0.15) is 23.6 Å².